The molecule has 3 aromatic rings. The van der Waals surface area contributed by atoms with Gasteiger partial charge in [0.25, 0.3) is 0 Å². The Kier molecular flexibility index (Phi) is 4.59. The van der Waals surface area contributed by atoms with Crippen LogP contribution in [0.2, 0.25) is 0 Å². The van der Waals surface area contributed by atoms with E-state index in [0.29, 0.717) is 27.9 Å². The van der Waals surface area contributed by atoms with Gasteiger partial charge in [-0.05, 0) is 42.5 Å². The number of halogens is 1. The van der Waals surface area contributed by atoms with Crippen molar-refractivity contribution in [3.05, 3.63) is 66.1 Å². The monoisotopic (exact) mass is 360 g/mol. The van der Waals surface area contributed by atoms with Gasteiger partial charge in [0.05, 0.1) is 17.5 Å². The second-order valence-electron chi connectivity index (χ2n) is 5.65. The Morgan fingerprint density at radius 2 is 1.88 bits per heavy atom. The number of anilines is 1. The molecule has 0 aliphatic heterocycles. The highest BCUT2D eigenvalue weighted by Crippen LogP contribution is 2.23. The molecule has 0 amide bonds. The summed E-state index contributed by atoms with van der Waals surface area (Å²) < 4.78 is 43.7. The number of hydrogen-bond acceptors (Lipinski definition) is 4. The highest BCUT2D eigenvalue weighted by Gasteiger charge is 2.12. The predicted octanol–water partition coefficient (Wildman–Crippen LogP) is 3.35. The third-order valence-corrected chi connectivity index (χ3v) is 5.05. The average Bonchev–Trinajstić information content (AvgIpc) is 2.58. The molecule has 0 saturated carbocycles. The van der Waals surface area contributed by atoms with Gasteiger partial charge in [0.2, 0.25) is 10.0 Å². The molecule has 0 aliphatic rings. The molecule has 1 heterocycles. The molecule has 7 heteroatoms. The van der Waals surface area contributed by atoms with Crippen LogP contribution >= 0.6 is 0 Å². The SMILES string of the molecule is CN(c1ccc(OCc2cc(F)cc3cccnc23)cc1)S(C)(=O)=O. The Bertz CT molecular complexity index is 1000. The van der Waals surface area contributed by atoms with Crippen LogP contribution in [0.15, 0.2) is 54.7 Å². The number of nitrogens with zero attached hydrogens (tertiary/aromatic N) is 2. The maximum atomic E-state index is 13.7. The fraction of sp³-hybridized carbons (Fsp3) is 0.167. The summed E-state index contributed by atoms with van der Waals surface area (Å²) in [5, 5.41) is 0.714. The molecule has 0 bridgehead atoms. The Labute approximate surface area is 145 Å². The first-order chi connectivity index (χ1) is 11.8. The van der Waals surface area contributed by atoms with Crippen LogP contribution < -0.4 is 9.04 Å². The number of aromatic nitrogens is 1. The van der Waals surface area contributed by atoms with E-state index in [1.807, 2.05) is 0 Å². The Morgan fingerprint density at radius 1 is 1.16 bits per heavy atom. The van der Waals surface area contributed by atoms with Crippen LogP contribution in [0.5, 0.6) is 5.75 Å². The van der Waals surface area contributed by atoms with Crippen molar-refractivity contribution < 1.29 is 17.5 Å². The van der Waals surface area contributed by atoms with Crippen molar-refractivity contribution in [1.82, 2.24) is 4.98 Å². The number of sulfonamides is 1. The van der Waals surface area contributed by atoms with E-state index in [4.69, 9.17) is 4.74 Å². The predicted molar refractivity (Wildman–Crippen MR) is 95.7 cm³/mol. The quantitative estimate of drug-likeness (QED) is 0.700. The van der Waals surface area contributed by atoms with Crippen molar-refractivity contribution in [3.63, 3.8) is 0 Å². The lowest BCUT2D eigenvalue weighted by atomic mass is 10.1. The molecule has 130 valence electrons. The second kappa shape index (κ2) is 6.68. The van der Waals surface area contributed by atoms with Gasteiger partial charge in [0, 0.05) is 24.2 Å². The van der Waals surface area contributed by atoms with Gasteiger partial charge < -0.3 is 4.74 Å². The number of rotatable bonds is 5. The first-order valence-corrected chi connectivity index (χ1v) is 9.39. The van der Waals surface area contributed by atoms with E-state index in [9.17, 15) is 12.8 Å². The zero-order chi connectivity index (χ0) is 18.0. The van der Waals surface area contributed by atoms with Crippen molar-refractivity contribution in [1.29, 1.82) is 0 Å². The standard InChI is InChI=1S/C18H17FN2O3S/c1-21(25(2,22)23)16-5-7-17(8-6-16)24-12-14-11-15(19)10-13-4-3-9-20-18(13)14/h3-11H,12H2,1-2H3. The molecule has 5 nitrogen and oxygen atoms in total. The fourth-order valence-electron chi connectivity index (χ4n) is 2.44. The van der Waals surface area contributed by atoms with Gasteiger partial charge in [-0.3, -0.25) is 9.29 Å². The summed E-state index contributed by atoms with van der Waals surface area (Å²) in [7, 11) is -1.83. The van der Waals surface area contributed by atoms with Crippen molar-refractivity contribution in [2.75, 3.05) is 17.6 Å². The average molecular weight is 360 g/mol. The van der Waals surface area contributed by atoms with Gasteiger partial charge in [-0.2, -0.15) is 0 Å². The number of hydrogen-bond donors (Lipinski definition) is 0. The van der Waals surface area contributed by atoms with Crippen LogP contribution in [0, 0.1) is 5.82 Å². The van der Waals surface area contributed by atoms with Crippen molar-refractivity contribution in [2.45, 2.75) is 6.61 Å². The molecule has 0 unspecified atom stereocenters. The summed E-state index contributed by atoms with van der Waals surface area (Å²) in [5.41, 5.74) is 1.87. The van der Waals surface area contributed by atoms with Crippen LogP contribution in [0.4, 0.5) is 10.1 Å². The molecule has 0 saturated heterocycles. The molecule has 0 aliphatic carbocycles. The van der Waals surface area contributed by atoms with Gasteiger partial charge in [-0.1, -0.05) is 6.07 Å². The summed E-state index contributed by atoms with van der Waals surface area (Å²) in [6.07, 6.45) is 2.79. The number of pyridine rings is 1. The topological polar surface area (TPSA) is 59.5 Å². The maximum absolute atomic E-state index is 13.7. The molecule has 3 rings (SSSR count). The van der Waals surface area contributed by atoms with Gasteiger partial charge in [0.1, 0.15) is 18.2 Å². The zero-order valence-corrected chi connectivity index (χ0v) is 14.6. The number of fused-ring (bicyclic) bond motifs is 1. The molecule has 1 aromatic heterocycles. The smallest absolute Gasteiger partial charge is 0.231 e. The molecular weight excluding hydrogens is 343 g/mol. The molecule has 0 fully saturated rings. The highest BCUT2D eigenvalue weighted by molar-refractivity contribution is 7.92. The van der Waals surface area contributed by atoms with E-state index < -0.39 is 10.0 Å². The van der Waals surface area contributed by atoms with Gasteiger partial charge in [0.15, 0.2) is 0 Å². The largest absolute Gasteiger partial charge is 0.489 e. The number of benzene rings is 2. The number of ether oxygens (including phenoxy) is 1. The third-order valence-electron chi connectivity index (χ3n) is 3.84. The van der Waals surface area contributed by atoms with E-state index in [1.54, 1.807) is 42.6 Å². The highest BCUT2D eigenvalue weighted by atomic mass is 32.2. The molecule has 0 radical (unpaired) electrons. The molecular formula is C18H17FN2O3S. The van der Waals surface area contributed by atoms with Crippen molar-refractivity contribution in [2.24, 2.45) is 0 Å². The van der Waals surface area contributed by atoms with Crippen LogP contribution in [-0.2, 0) is 16.6 Å². The van der Waals surface area contributed by atoms with Gasteiger partial charge in [-0.25, -0.2) is 12.8 Å². The lowest BCUT2D eigenvalue weighted by molar-refractivity contribution is 0.307. The van der Waals surface area contributed by atoms with Crippen LogP contribution in [0.25, 0.3) is 10.9 Å². The van der Waals surface area contributed by atoms with Crippen molar-refractivity contribution in [3.8, 4) is 5.75 Å². The minimum absolute atomic E-state index is 0.159. The zero-order valence-electron chi connectivity index (χ0n) is 13.8. The van der Waals surface area contributed by atoms with Crippen molar-refractivity contribution >= 4 is 26.6 Å². The Balaban J connectivity index is 1.79. The summed E-state index contributed by atoms with van der Waals surface area (Å²) in [6.45, 7) is 0.159. The van der Waals surface area contributed by atoms with Crippen LogP contribution in [-0.4, -0.2) is 26.7 Å². The third kappa shape index (κ3) is 3.88. The van der Waals surface area contributed by atoms with Gasteiger partial charge in [-0.15, -0.1) is 0 Å². The maximum Gasteiger partial charge on any atom is 0.231 e. The Morgan fingerprint density at radius 3 is 2.56 bits per heavy atom. The fourth-order valence-corrected chi connectivity index (χ4v) is 2.95. The van der Waals surface area contributed by atoms with Crippen LogP contribution in [0.1, 0.15) is 5.56 Å². The molecule has 2 aromatic carbocycles. The summed E-state index contributed by atoms with van der Waals surface area (Å²) >= 11 is 0. The molecule has 0 spiro atoms. The summed E-state index contributed by atoms with van der Waals surface area (Å²) in [4.78, 5) is 4.28. The van der Waals surface area contributed by atoms with Crippen LogP contribution in [0.3, 0.4) is 0 Å². The molecule has 25 heavy (non-hydrogen) atoms. The van der Waals surface area contributed by atoms with Gasteiger partial charge >= 0.3 is 0 Å². The molecule has 0 atom stereocenters. The van der Waals surface area contributed by atoms with E-state index >= 15 is 0 Å². The van der Waals surface area contributed by atoms with E-state index in [1.165, 1.54) is 23.5 Å². The lowest BCUT2D eigenvalue weighted by Crippen LogP contribution is -2.24. The molecule has 0 N–H and O–H groups in total. The first-order valence-electron chi connectivity index (χ1n) is 7.54. The van der Waals surface area contributed by atoms with E-state index in [0.717, 1.165) is 6.26 Å². The first kappa shape index (κ1) is 17.2. The second-order valence-corrected chi connectivity index (χ2v) is 7.67. The minimum atomic E-state index is -3.31. The van der Waals surface area contributed by atoms with E-state index in [-0.39, 0.29) is 12.4 Å². The van der Waals surface area contributed by atoms with E-state index in [2.05, 4.69) is 4.98 Å². The summed E-state index contributed by atoms with van der Waals surface area (Å²) in [6, 6.07) is 13.0. The normalized spacial score (nSPS) is 11.5. The summed E-state index contributed by atoms with van der Waals surface area (Å²) in [5.74, 6) is 0.211. The Hall–Kier alpha value is -2.67. The minimum Gasteiger partial charge on any atom is -0.489 e. The lowest BCUT2D eigenvalue weighted by Gasteiger charge is -2.17.